The monoisotopic (exact) mass is 255 g/mol. The van der Waals surface area contributed by atoms with Gasteiger partial charge in [-0.05, 0) is 26.2 Å². The fourth-order valence-electron chi connectivity index (χ4n) is 2.04. The Kier molecular flexibility index (Phi) is 5.44. The zero-order valence-corrected chi connectivity index (χ0v) is 11.8. The molecule has 1 unspecified atom stereocenters. The van der Waals surface area contributed by atoms with Crippen molar-refractivity contribution in [2.45, 2.75) is 52.6 Å². The largest absolute Gasteiger partial charge is 0.338 e. The van der Waals surface area contributed by atoms with E-state index in [1.807, 2.05) is 13.8 Å². The van der Waals surface area contributed by atoms with Crippen LogP contribution in [-0.2, 0) is 4.79 Å². The van der Waals surface area contributed by atoms with E-state index in [2.05, 4.69) is 24.5 Å². The smallest absolute Gasteiger partial charge is 0.315 e. The van der Waals surface area contributed by atoms with Gasteiger partial charge in [-0.3, -0.25) is 4.79 Å². The highest BCUT2D eigenvalue weighted by molar-refractivity contribution is 5.81. The maximum atomic E-state index is 11.7. The summed E-state index contributed by atoms with van der Waals surface area (Å²) in [6.07, 6.45) is 1.38. The van der Waals surface area contributed by atoms with Crippen LogP contribution in [0.4, 0.5) is 4.79 Å². The van der Waals surface area contributed by atoms with Crippen LogP contribution in [0.3, 0.4) is 0 Å². The molecule has 1 atom stereocenters. The number of hydrogen-bond acceptors (Lipinski definition) is 2. The lowest BCUT2D eigenvalue weighted by molar-refractivity contribution is -0.129. The topological polar surface area (TPSA) is 61.4 Å². The van der Waals surface area contributed by atoms with Crippen LogP contribution >= 0.6 is 0 Å². The van der Waals surface area contributed by atoms with Crippen molar-refractivity contribution in [3.63, 3.8) is 0 Å². The van der Waals surface area contributed by atoms with E-state index in [0.717, 1.165) is 6.42 Å². The molecule has 1 rings (SSSR count). The molecule has 0 aromatic carbocycles. The van der Waals surface area contributed by atoms with Gasteiger partial charge in [-0.15, -0.1) is 0 Å². The molecule has 0 aromatic heterocycles. The summed E-state index contributed by atoms with van der Waals surface area (Å²) in [6, 6.07) is -0.0219. The SMILES string of the molecule is CC(C)CCNC(=O)NC1CC(=O)N(C(C)C)C1. The van der Waals surface area contributed by atoms with E-state index in [9.17, 15) is 9.59 Å². The molecule has 0 saturated carbocycles. The van der Waals surface area contributed by atoms with Crippen LogP contribution in [0.5, 0.6) is 0 Å². The average Bonchev–Trinajstić information content (AvgIpc) is 2.58. The van der Waals surface area contributed by atoms with Crippen LogP contribution < -0.4 is 10.6 Å². The minimum Gasteiger partial charge on any atom is -0.338 e. The van der Waals surface area contributed by atoms with E-state index in [1.54, 1.807) is 4.90 Å². The second-order valence-corrected chi connectivity index (χ2v) is 5.62. The van der Waals surface area contributed by atoms with Crippen LogP contribution in [-0.4, -0.2) is 42.0 Å². The molecule has 3 amide bonds. The highest BCUT2D eigenvalue weighted by Crippen LogP contribution is 2.13. The Balaban J connectivity index is 2.27. The zero-order valence-electron chi connectivity index (χ0n) is 11.8. The molecule has 104 valence electrons. The van der Waals surface area contributed by atoms with Crippen molar-refractivity contribution in [3.8, 4) is 0 Å². The maximum Gasteiger partial charge on any atom is 0.315 e. The number of nitrogens with one attached hydrogen (secondary N) is 2. The lowest BCUT2D eigenvalue weighted by Crippen LogP contribution is -2.44. The third-order valence-corrected chi connectivity index (χ3v) is 3.12. The molecule has 1 aliphatic heterocycles. The zero-order chi connectivity index (χ0) is 13.7. The van der Waals surface area contributed by atoms with Crippen LogP contribution in [0.1, 0.15) is 40.5 Å². The molecule has 0 spiro atoms. The minimum atomic E-state index is -0.168. The third-order valence-electron chi connectivity index (χ3n) is 3.12. The number of carbonyl (C=O) groups is 2. The Morgan fingerprint density at radius 1 is 1.39 bits per heavy atom. The van der Waals surface area contributed by atoms with Gasteiger partial charge in [0.05, 0.1) is 6.04 Å². The Morgan fingerprint density at radius 2 is 2.06 bits per heavy atom. The molecule has 0 radical (unpaired) electrons. The molecule has 0 aliphatic carbocycles. The first-order valence-electron chi connectivity index (χ1n) is 6.74. The van der Waals surface area contributed by atoms with E-state index in [4.69, 9.17) is 0 Å². The van der Waals surface area contributed by atoms with Crippen LogP contribution in [0.15, 0.2) is 0 Å². The molecule has 1 heterocycles. The number of carbonyl (C=O) groups excluding carboxylic acids is 2. The van der Waals surface area contributed by atoms with Crippen LogP contribution in [0.25, 0.3) is 0 Å². The standard InChI is InChI=1S/C13H25N3O2/c1-9(2)5-6-14-13(18)15-11-7-12(17)16(8-11)10(3)4/h9-11H,5-8H2,1-4H3,(H2,14,15,18). The van der Waals surface area contributed by atoms with Gasteiger partial charge in [-0.25, -0.2) is 4.79 Å². The van der Waals surface area contributed by atoms with E-state index < -0.39 is 0 Å². The molecular weight excluding hydrogens is 230 g/mol. The molecule has 1 saturated heterocycles. The minimum absolute atomic E-state index is 0.0565. The summed E-state index contributed by atoms with van der Waals surface area (Å²) in [6.45, 7) is 9.52. The number of hydrogen-bond donors (Lipinski definition) is 2. The van der Waals surface area contributed by atoms with E-state index >= 15 is 0 Å². The molecule has 0 bridgehead atoms. The van der Waals surface area contributed by atoms with Crippen molar-refractivity contribution in [1.29, 1.82) is 0 Å². The summed E-state index contributed by atoms with van der Waals surface area (Å²) in [7, 11) is 0. The first-order chi connectivity index (χ1) is 8.40. The highest BCUT2D eigenvalue weighted by atomic mass is 16.2. The lowest BCUT2D eigenvalue weighted by atomic mass is 10.1. The lowest BCUT2D eigenvalue weighted by Gasteiger charge is -2.21. The summed E-state index contributed by atoms with van der Waals surface area (Å²) >= 11 is 0. The Bertz CT molecular complexity index is 303. The first-order valence-corrected chi connectivity index (χ1v) is 6.74. The maximum absolute atomic E-state index is 11.7. The van der Waals surface area contributed by atoms with Gasteiger partial charge >= 0.3 is 6.03 Å². The van der Waals surface area contributed by atoms with Crippen LogP contribution in [0, 0.1) is 5.92 Å². The third kappa shape index (κ3) is 4.55. The number of rotatable bonds is 5. The quantitative estimate of drug-likeness (QED) is 0.779. The molecular formula is C13H25N3O2. The Labute approximate surface area is 109 Å². The van der Waals surface area contributed by atoms with Gasteiger partial charge in [0.25, 0.3) is 0 Å². The molecule has 1 aliphatic rings. The summed E-state index contributed by atoms with van der Waals surface area (Å²) in [5, 5.41) is 5.68. The van der Waals surface area contributed by atoms with Gasteiger partial charge in [0.2, 0.25) is 5.91 Å². The van der Waals surface area contributed by atoms with E-state index in [-0.39, 0.29) is 24.0 Å². The van der Waals surface area contributed by atoms with Gasteiger partial charge in [0.15, 0.2) is 0 Å². The molecule has 18 heavy (non-hydrogen) atoms. The number of urea groups is 1. The van der Waals surface area contributed by atoms with Crippen molar-refractivity contribution in [1.82, 2.24) is 15.5 Å². The summed E-state index contributed by atoms with van der Waals surface area (Å²) < 4.78 is 0. The molecule has 0 aromatic rings. The second kappa shape index (κ2) is 6.61. The van der Waals surface area contributed by atoms with Crippen molar-refractivity contribution in [2.24, 2.45) is 5.92 Å². The van der Waals surface area contributed by atoms with Gasteiger partial charge in [-0.2, -0.15) is 0 Å². The Morgan fingerprint density at radius 3 is 2.56 bits per heavy atom. The summed E-state index contributed by atoms with van der Waals surface area (Å²) in [5.74, 6) is 0.701. The number of amides is 3. The second-order valence-electron chi connectivity index (χ2n) is 5.62. The number of nitrogens with zero attached hydrogens (tertiary/aromatic N) is 1. The van der Waals surface area contributed by atoms with Crippen molar-refractivity contribution >= 4 is 11.9 Å². The van der Waals surface area contributed by atoms with Crippen molar-refractivity contribution in [3.05, 3.63) is 0 Å². The van der Waals surface area contributed by atoms with Crippen molar-refractivity contribution < 1.29 is 9.59 Å². The van der Waals surface area contributed by atoms with Crippen molar-refractivity contribution in [2.75, 3.05) is 13.1 Å². The fraction of sp³-hybridized carbons (Fsp3) is 0.846. The fourth-order valence-corrected chi connectivity index (χ4v) is 2.04. The van der Waals surface area contributed by atoms with E-state index in [1.165, 1.54) is 0 Å². The van der Waals surface area contributed by atoms with Gasteiger partial charge in [-0.1, -0.05) is 13.8 Å². The Hall–Kier alpha value is -1.26. The number of likely N-dealkylation sites (tertiary alicyclic amines) is 1. The average molecular weight is 255 g/mol. The normalized spacial score (nSPS) is 19.8. The van der Waals surface area contributed by atoms with Gasteiger partial charge in [0, 0.05) is 25.6 Å². The molecule has 1 fully saturated rings. The summed E-state index contributed by atoms with van der Waals surface area (Å²) in [5.41, 5.74) is 0. The first kappa shape index (κ1) is 14.8. The van der Waals surface area contributed by atoms with Gasteiger partial charge in [0.1, 0.15) is 0 Å². The molecule has 2 N–H and O–H groups in total. The van der Waals surface area contributed by atoms with E-state index in [0.29, 0.717) is 25.4 Å². The molecule has 5 heteroatoms. The molecule has 5 nitrogen and oxygen atoms in total. The summed E-state index contributed by atoms with van der Waals surface area (Å²) in [4.78, 5) is 25.1. The predicted octanol–water partition coefficient (Wildman–Crippen LogP) is 1.34. The van der Waals surface area contributed by atoms with Gasteiger partial charge < -0.3 is 15.5 Å². The van der Waals surface area contributed by atoms with Crippen LogP contribution in [0.2, 0.25) is 0 Å². The highest BCUT2D eigenvalue weighted by Gasteiger charge is 2.31. The predicted molar refractivity (Wildman–Crippen MR) is 71.2 cm³/mol.